The summed E-state index contributed by atoms with van der Waals surface area (Å²) in [5.74, 6) is 4.54. The molecule has 2 nitrogen and oxygen atoms in total. The molecule has 0 saturated heterocycles. The van der Waals surface area contributed by atoms with Crippen LogP contribution in [0.2, 0.25) is 0 Å². The van der Waals surface area contributed by atoms with Crippen molar-refractivity contribution in [2.75, 3.05) is 14.2 Å². The molecule has 1 aromatic rings. The molecule has 1 saturated carbocycles. The maximum atomic E-state index is 5.48. The zero-order valence-corrected chi connectivity index (χ0v) is 17.6. The van der Waals surface area contributed by atoms with Gasteiger partial charge in [-0.15, -0.1) is 0 Å². The van der Waals surface area contributed by atoms with Crippen LogP contribution in [0.5, 0.6) is 11.5 Å². The summed E-state index contributed by atoms with van der Waals surface area (Å²) < 4.78 is 10.8. The van der Waals surface area contributed by atoms with E-state index in [9.17, 15) is 0 Å². The van der Waals surface area contributed by atoms with Crippen molar-refractivity contribution in [3.8, 4) is 11.5 Å². The quantitative estimate of drug-likeness (QED) is 0.448. The molecule has 2 aliphatic carbocycles. The van der Waals surface area contributed by atoms with E-state index in [-0.39, 0.29) is 0 Å². The zero-order valence-electron chi connectivity index (χ0n) is 17.6. The molecule has 0 N–H and O–H groups in total. The Kier molecular flexibility index (Phi) is 7.67. The van der Waals surface area contributed by atoms with Crippen LogP contribution in [0.4, 0.5) is 0 Å². The second kappa shape index (κ2) is 10.2. The number of ether oxygens (including phenoxy) is 2. The summed E-state index contributed by atoms with van der Waals surface area (Å²) in [7, 11) is 3.41. The van der Waals surface area contributed by atoms with Gasteiger partial charge in [0.15, 0.2) is 11.5 Å². The average molecular weight is 371 g/mol. The number of hydrogen-bond acceptors (Lipinski definition) is 2. The molecular weight excluding hydrogens is 332 g/mol. The molecule has 0 aliphatic heterocycles. The summed E-state index contributed by atoms with van der Waals surface area (Å²) in [6.45, 7) is 2.31. The van der Waals surface area contributed by atoms with E-state index in [0.717, 1.165) is 29.3 Å². The topological polar surface area (TPSA) is 18.5 Å². The minimum atomic E-state index is 0.811. The van der Waals surface area contributed by atoms with Crippen molar-refractivity contribution in [3.05, 3.63) is 29.8 Å². The van der Waals surface area contributed by atoms with Gasteiger partial charge in [-0.1, -0.05) is 57.6 Å². The largest absolute Gasteiger partial charge is 0.493 e. The van der Waals surface area contributed by atoms with Gasteiger partial charge in [-0.05, 0) is 73.1 Å². The van der Waals surface area contributed by atoms with E-state index in [2.05, 4.69) is 25.1 Å². The summed E-state index contributed by atoms with van der Waals surface area (Å²) in [6, 6.07) is 6.34. The highest BCUT2D eigenvalue weighted by atomic mass is 16.5. The molecule has 3 rings (SSSR count). The molecule has 1 fully saturated rings. The Hall–Kier alpha value is -1.44. The van der Waals surface area contributed by atoms with Crippen molar-refractivity contribution in [3.63, 3.8) is 0 Å². The minimum Gasteiger partial charge on any atom is -0.493 e. The van der Waals surface area contributed by atoms with Gasteiger partial charge in [0.1, 0.15) is 0 Å². The first kappa shape index (κ1) is 20.3. The Morgan fingerprint density at radius 1 is 0.889 bits per heavy atom. The lowest BCUT2D eigenvalue weighted by atomic mass is 9.70. The maximum Gasteiger partial charge on any atom is 0.161 e. The Labute approximate surface area is 166 Å². The van der Waals surface area contributed by atoms with Gasteiger partial charge in [-0.3, -0.25) is 0 Å². The van der Waals surface area contributed by atoms with Crippen molar-refractivity contribution in [1.82, 2.24) is 0 Å². The maximum absolute atomic E-state index is 5.48. The molecule has 1 atom stereocenters. The van der Waals surface area contributed by atoms with Crippen molar-refractivity contribution < 1.29 is 9.47 Å². The van der Waals surface area contributed by atoms with E-state index < -0.39 is 0 Å². The van der Waals surface area contributed by atoms with Crippen molar-refractivity contribution in [1.29, 1.82) is 0 Å². The number of allylic oxidation sites excluding steroid dienone is 2. The van der Waals surface area contributed by atoms with Gasteiger partial charge in [-0.2, -0.15) is 0 Å². The van der Waals surface area contributed by atoms with Crippen LogP contribution in [0.15, 0.2) is 24.3 Å². The zero-order chi connectivity index (χ0) is 19.1. The Bertz CT molecular complexity index is 611. The van der Waals surface area contributed by atoms with Crippen molar-refractivity contribution >= 4 is 5.57 Å². The highest BCUT2D eigenvalue weighted by Gasteiger charge is 2.28. The van der Waals surface area contributed by atoms with Gasteiger partial charge in [0.05, 0.1) is 14.2 Å². The van der Waals surface area contributed by atoms with Gasteiger partial charge in [0, 0.05) is 0 Å². The van der Waals surface area contributed by atoms with E-state index in [1.165, 1.54) is 81.8 Å². The monoisotopic (exact) mass is 370 g/mol. The second-order valence-corrected chi connectivity index (χ2v) is 8.61. The van der Waals surface area contributed by atoms with Gasteiger partial charge < -0.3 is 9.47 Å². The number of unbranched alkanes of at least 4 members (excludes halogenated alkanes) is 2. The first-order valence-corrected chi connectivity index (χ1v) is 11.2. The van der Waals surface area contributed by atoms with Crippen LogP contribution in [0.25, 0.3) is 5.57 Å². The molecule has 0 radical (unpaired) electrons. The van der Waals surface area contributed by atoms with Crippen LogP contribution in [0, 0.1) is 17.8 Å². The molecule has 2 aliphatic rings. The lowest BCUT2D eigenvalue weighted by molar-refractivity contribution is 0.187. The highest BCUT2D eigenvalue weighted by Crippen LogP contribution is 2.43. The van der Waals surface area contributed by atoms with Crippen LogP contribution >= 0.6 is 0 Å². The molecule has 0 bridgehead atoms. The second-order valence-electron chi connectivity index (χ2n) is 8.61. The van der Waals surface area contributed by atoms with Crippen LogP contribution in [-0.2, 0) is 0 Å². The van der Waals surface area contributed by atoms with Crippen LogP contribution in [-0.4, -0.2) is 14.2 Å². The molecule has 0 amide bonds. The lowest BCUT2D eigenvalue weighted by Crippen LogP contribution is -2.23. The lowest BCUT2D eigenvalue weighted by Gasteiger charge is -2.35. The smallest absolute Gasteiger partial charge is 0.161 e. The Morgan fingerprint density at radius 2 is 1.67 bits per heavy atom. The molecule has 0 spiro atoms. The molecule has 0 aromatic heterocycles. The minimum absolute atomic E-state index is 0.811. The SMILES string of the molecule is CCCCC[C@H]1CC[C@H](C2CC=C(c3ccc(OC)c(OC)c3)CC2)CC1. The van der Waals surface area contributed by atoms with Crippen LogP contribution in [0.3, 0.4) is 0 Å². The Morgan fingerprint density at radius 3 is 2.30 bits per heavy atom. The normalized spacial score (nSPS) is 25.7. The van der Waals surface area contributed by atoms with E-state index in [1.54, 1.807) is 14.2 Å². The van der Waals surface area contributed by atoms with Crippen molar-refractivity contribution in [2.45, 2.75) is 77.6 Å². The van der Waals surface area contributed by atoms with E-state index >= 15 is 0 Å². The van der Waals surface area contributed by atoms with Gasteiger partial charge in [0.25, 0.3) is 0 Å². The summed E-state index contributed by atoms with van der Waals surface area (Å²) in [5, 5.41) is 0. The standard InChI is InChI=1S/C25H38O2/c1-4-5-6-7-19-8-10-20(11-9-19)21-12-14-22(15-13-21)23-16-17-24(26-2)25(18-23)27-3/h14,16-21H,4-13,15H2,1-3H3/t19-,20-,21?. The molecule has 1 aromatic carbocycles. The third-order valence-corrected chi connectivity index (χ3v) is 6.98. The summed E-state index contributed by atoms with van der Waals surface area (Å²) in [5.41, 5.74) is 2.78. The third-order valence-electron chi connectivity index (χ3n) is 6.98. The van der Waals surface area contributed by atoms with E-state index in [0.29, 0.717) is 0 Å². The fraction of sp³-hybridized carbons (Fsp3) is 0.680. The number of hydrogen-bond donors (Lipinski definition) is 0. The molecule has 2 heteroatoms. The van der Waals surface area contributed by atoms with Crippen LogP contribution < -0.4 is 9.47 Å². The predicted octanol–water partition coefficient (Wildman–Crippen LogP) is 7.27. The summed E-state index contributed by atoms with van der Waals surface area (Å²) in [6.07, 6.45) is 17.9. The van der Waals surface area contributed by atoms with E-state index in [4.69, 9.17) is 9.47 Å². The third kappa shape index (κ3) is 5.30. The van der Waals surface area contributed by atoms with Gasteiger partial charge in [0.2, 0.25) is 0 Å². The van der Waals surface area contributed by atoms with Crippen molar-refractivity contribution in [2.24, 2.45) is 17.8 Å². The van der Waals surface area contributed by atoms with Gasteiger partial charge >= 0.3 is 0 Å². The fourth-order valence-electron chi connectivity index (χ4n) is 5.21. The first-order chi connectivity index (χ1) is 13.2. The Balaban J connectivity index is 1.52. The molecular formula is C25H38O2. The molecule has 1 unspecified atom stereocenters. The molecule has 27 heavy (non-hydrogen) atoms. The first-order valence-electron chi connectivity index (χ1n) is 11.2. The summed E-state index contributed by atoms with van der Waals surface area (Å²) >= 11 is 0. The number of methoxy groups -OCH3 is 2. The highest BCUT2D eigenvalue weighted by molar-refractivity contribution is 5.68. The number of rotatable bonds is 8. The molecule has 150 valence electrons. The number of benzene rings is 1. The van der Waals surface area contributed by atoms with Crippen LogP contribution in [0.1, 0.15) is 83.1 Å². The predicted molar refractivity (Wildman–Crippen MR) is 114 cm³/mol. The fourth-order valence-corrected chi connectivity index (χ4v) is 5.21. The summed E-state index contributed by atoms with van der Waals surface area (Å²) in [4.78, 5) is 0. The average Bonchev–Trinajstić information content (AvgIpc) is 2.74. The molecule has 0 heterocycles. The van der Waals surface area contributed by atoms with Gasteiger partial charge in [-0.25, -0.2) is 0 Å². The van der Waals surface area contributed by atoms with E-state index in [1.807, 2.05) is 6.07 Å².